The van der Waals surface area contributed by atoms with Crippen molar-refractivity contribution in [2.24, 2.45) is 5.73 Å². The molecule has 0 aliphatic carbocycles. The van der Waals surface area contributed by atoms with E-state index >= 15 is 0 Å². The van der Waals surface area contributed by atoms with Crippen LogP contribution in [0.2, 0.25) is 0 Å². The first-order valence-corrected chi connectivity index (χ1v) is 7.43. The van der Waals surface area contributed by atoms with Gasteiger partial charge in [0.15, 0.2) is 0 Å². The predicted molar refractivity (Wildman–Crippen MR) is 85.9 cm³/mol. The van der Waals surface area contributed by atoms with Gasteiger partial charge >= 0.3 is 0 Å². The Morgan fingerprint density at radius 3 is 1.76 bits per heavy atom. The van der Waals surface area contributed by atoms with E-state index in [2.05, 4.69) is 12.1 Å². The lowest BCUT2D eigenvalue weighted by Gasteiger charge is -2.13. The van der Waals surface area contributed by atoms with Gasteiger partial charge in [-0.05, 0) is 55.7 Å². The third-order valence-electron chi connectivity index (χ3n) is 3.31. The van der Waals surface area contributed by atoms with Crippen molar-refractivity contribution in [2.75, 3.05) is 13.2 Å². The number of rotatable bonds is 7. The van der Waals surface area contributed by atoms with E-state index in [4.69, 9.17) is 15.2 Å². The lowest BCUT2D eigenvalue weighted by Crippen LogP contribution is -2.13. The molecule has 21 heavy (non-hydrogen) atoms. The molecule has 1 unspecified atom stereocenters. The Morgan fingerprint density at radius 1 is 0.810 bits per heavy atom. The smallest absolute Gasteiger partial charge is 0.119 e. The minimum absolute atomic E-state index is 0.0152. The van der Waals surface area contributed by atoms with Gasteiger partial charge in [-0.25, -0.2) is 0 Å². The van der Waals surface area contributed by atoms with Crippen LogP contribution in [0.4, 0.5) is 0 Å². The molecule has 2 N–H and O–H groups in total. The summed E-state index contributed by atoms with van der Waals surface area (Å²) in [4.78, 5) is 0. The number of ether oxygens (including phenoxy) is 2. The van der Waals surface area contributed by atoms with E-state index in [1.54, 1.807) is 0 Å². The summed E-state index contributed by atoms with van der Waals surface area (Å²) in [6.45, 7) is 5.32. The molecule has 2 aromatic carbocycles. The molecule has 0 amide bonds. The zero-order valence-electron chi connectivity index (χ0n) is 12.7. The normalized spacial score (nSPS) is 12.0. The molecule has 0 aliphatic heterocycles. The third kappa shape index (κ3) is 4.50. The van der Waals surface area contributed by atoms with Crippen LogP contribution in [-0.2, 0) is 6.42 Å². The molecule has 0 saturated heterocycles. The van der Waals surface area contributed by atoms with E-state index < -0.39 is 0 Å². The highest BCUT2D eigenvalue weighted by Gasteiger charge is 2.07. The molecule has 0 saturated carbocycles. The monoisotopic (exact) mass is 285 g/mol. The van der Waals surface area contributed by atoms with Crippen molar-refractivity contribution >= 4 is 0 Å². The SMILES string of the molecule is CCOc1ccc(CC(N)c2ccc(OCC)cc2)cc1. The van der Waals surface area contributed by atoms with E-state index in [0.29, 0.717) is 13.2 Å². The van der Waals surface area contributed by atoms with Crippen molar-refractivity contribution in [3.8, 4) is 11.5 Å². The zero-order chi connectivity index (χ0) is 15.1. The number of hydrogen-bond acceptors (Lipinski definition) is 3. The van der Waals surface area contributed by atoms with Crippen molar-refractivity contribution in [3.05, 3.63) is 59.7 Å². The molecule has 1 atom stereocenters. The maximum Gasteiger partial charge on any atom is 0.119 e. The van der Waals surface area contributed by atoms with Gasteiger partial charge in [-0.3, -0.25) is 0 Å². The number of nitrogens with two attached hydrogens (primary N) is 1. The summed E-state index contributed by atoms with van der Waals surface area (Å²) in [6, 6.07) is 16.1. The fourth-order valence-corrected chi connectivity index (χ4v) is 2.24. The molecule has 0 fully saturated rings. The molecule has 0 bridgehead atoms. The highest BCUT2D eigenvalue weighted by molar-refractivity contribution is 5.32. The summed E-state index contributed by atoms with van der Waals surface area (Å²) in [5.74, 6) is 1.78. The van der Waals surface area contributed by atoms with Crippen LogP contribution in [0, 0.1) is 0 Å². The Morgan fingerprint density at radius 2 is 1.29 bits per heavy atom. The van der Waals surface area contributed by atoms with Crippen LogP contribution in [0.1, 0.15) is 31.0 Å². The lowest BCUT2D eigenvalue weighted by atomic mass is 9.99. The van der Waals surface area contributed by atoms with Gasteiger partial charge in [0.25, 0.3) is 0 Å². The summed E-state index contributed by atoms with van der Waals surface area (Å²) in [7, 11) is 0. The third-order valence-corrected chi connectivity index (χ3v) is 3.31. The van der Waals surface area contributed by atoms with Gasteiger partial charge in [0, 0.05) is 6.04 Å². The van der Waals surface area contributed by atoms with E-state index in [1.165, 1.54) is 5.56 Å². The zero-order valence-corrected chi connectivity index (χ0v) is 12.7. The standard InChI is InChI=1S/C18H23NO2/c1-3-20-16-9-5-14(6-10-16)13-18(19)15-7-11-17(12-8-15)21-4-2/h5-12,18H,3-4,13,19H2,1-2H3. The Labute approximate surface area is 126 Å². The lowest BCUT2D eigenvalue weighted by molar-refractivity contribution is 0.340. The molecule has 112 valence electrons. The molecule has 0 spiro atoms. The largest absolute Gasteiger partial charge is 0.494 e. The average Bonchev–Trinajstić information content (AvgIpc) is 2.50. The van der Waals surface area contributed by atoms with E-state index in [1.807, 2.05) is 50.2 Å². The fourth-order valence-electron chi connectivity index (χ4n) is 2.24. The maximum absolute atomic E-state index is 6.28. The molecule has 3 heteroatoms. The van der Waals surface area contributed by atoms with Crippen LogP contribution in [0.25, 0.3) is 0 Å². The van der Waals surface area contributed by atoms with E-state index in [9.17, 15) is 0 Å². The first-order chi connectivity index (χ1) is 10.2. The van der Waals surface area contributed by atoms with Gasteiger partial charge in [-0.1, -0.05) is 24.3 Å². The summed E-state index contributed by atoms with van der Waals surface area (Å²) in [6.07, 6.45) is 0.806. The van der Waals surface area contributed by atoms with Crippen molar-refractivity contribution in [3.63, 3.8) is 0 Å². The molecular formula is C18H23NO2. The van der Waals surface area contributed by atoms with E-state index in [-0.39, 0.29) is 6.04 Å². The van der Waals surface area contributed by atoms with Crippen LogP contribution in [-0.4, -0.2) is 13.2 Å². The second kappa shape index (κ2) is 7.70. The van der Waals surface area contributed by atoms with Crippen LogP contribution >= 0.6 is 0 Å². The van der Waals surface area contributed by atoms with Crippen molar-refractivity contribution in [1.29, 1.82) is 0 Å². The minimum atomic E-state index is -0.0152. The van der Waals surface area contributed by atoms with Gasteiger partial charge in [0.1, 0.15) is 11.5 Å². The summed E-state index contributed by atoms with van der Waals surface area (Å²) in [5.41, 5.74) is 8.60. The number of hydrogen-bond donors (Lipinski definition) is 1. The highest BCUT2D eigenvalue weighted by Crippen LogP contribution is 2.21. The second-order valence-electron chi connectivity index (χ2n) is 4.89. The second-order valence-corrected chi connectivity index (χ2v) is 4.89. The fraction of sp³-hybridized carbons (Fsp3) is 0.333. The minimum Gasteiger partial charge on any atom is -0.494 e. The van der Waals surface area contributed by atoms with Gasteiger partial charge in [-0.2, -0.15) is 0 Å². The van der Waals surface area contributed by atoms with Crippen molar-refractivity contribution in [1.82, 2.24) is 0 Å². The first kappa shape index (κ1) is 15.4. The predicted octanol–water partition coefficient (Wildman–Crippen LogP) is 3.73. The van der Waals surface area contributed by atoms with Gasteiger partial charge < -0.3 is 15.2 Å². The Hall–Kier alpha value is -2.00. The Bertz CT molecular complexity index is 534. The van der Waals surface area contributed by atoms with Crippen LogP contribution in [0.5, 0.6) is 11.5 Å². The maximum atomic E-state index is 6.28. The van der Waals surface area contributed by atoms with Crippen molar-refractivity contribution < 1.29 is 9.47 Å². The van der Waals surface area contributed by atoms with Gasteiger partial charge in [-0.15, -0.1) is 0 Å². The first-order valence-electron chi connectivity index (χ1n) is 7.43. The Kier molecular flexibility index (Phi) is 5.64. The van der Waals surface area contributed by atoms with Crippen LogP contribution in [0.15, 0.2) is 48.5 Å². The Balaban J connectivity index is 1.98. The summed E-state index contributed by atoms with van der Waals surface area (Å²) < 4.78 is 10.9. The molecule has 3 nitrogen and oxygen atoms in total. The molecule has 2 aromatic rings. The molecular weight excluding hydrogens is 262 g/mol. The summed E-state index contributed by atoms with van der Waals surface area (Å²) >= 11 is 0. The molecule has 0 radical (unpaired) electrons. The van der Waals surface area contributed by atoms with E-state index in [0.717, 1.165) is 23.5 Å². The van der Waals surface area contributed by atoms with Gasteiger partial charge in [0.2, 0.25) is 0 Å². The highest BCUT2D eigenvalue weighted by atomic mass is 16.5. The summed E-state index contributed by atoms with van der Waals surface area (Å²) in [5, 5.41) is 0. The molecule has 2 rings (SSSR count). The quantitative estimate of drug-likeness (QED) is 0.843. The van der Waals surface area contributed by atoms with Gasteiger partial charge in [0.05, 0.1) is 13.2 Å². The van der Waals surface area contributed by atoms with Crippen LogP contribution in [0.3, 0.4) is 0 Å². The topological polar surface area (TPSA) is 44.5 Å². The van der Waals surface area contributed by atoms with Crippen LogP contribution < -0.4 is 15.2 Å². The molecule has 0 aromatic heterocycles. The van der Waals surface area contributed by atoms with Crippen molar-refractivity contribution in [2.45, 2.75) is 26.3 Å². The average molecular weight is 285 g/mol. The molecule has 0 heterocycles. The molecule has 0 aliphatic rings. The number of benzene rings is 2.